The Balaban J connectivity index is 2.73. The molecule has 92 valence electrons. The predicted octanol–water partition coefficient (Wildman–Crippen LogP) is 4.03. The van der Waals surface area contributed by atoms with Crippen LogP contribution in [0.4, 0.5) is 4.39 Å². The molecule has 3 heteroatoms. The van der Waals surface area contributed by atoms with Gasteiger partial charge in [-0.3, -0.25) is 0 Å². The van der Waals surface area contributed by atoms with Crippen LogP contribution in [0.3, 0.4) is 0 Å². The molecule has 0 radical (unpaired) electrons. The van der Waals surface area contributed by atoms with Crippen molar-refractivity contribution in [2.75, 3.05) is 0 Å². The van der Waals surface area contributed by atoms with Gasteiger partial charge in [-0.1, -0.05) is 12.0 Å². The fraction of sp³-hybridized carbons (Fsp3) is 0.429. The minimum atomic E-state index is -0.276. The van der Waals surface area contributed by atoms with Crippen LogP contribution in [0.1, 0.15) is 38.8 Å². The zero-order valence-corrected chi connectivity index (χ0v) is 11.9. The molecule has 0 saturated heterocycles. The lowest BCUT2D eigenvalue weighted by atomic mass is 9.97. The Morgan fingerprint density at radius 1 is 1.41 bits per heavy atom. The molecule has 0 aliphatic heterocycles. The number of nitrogens with two attached hydrogens (primary N) is 1. The molecule has 2 N–H and O–H groups in total. The van der Waals surface area contributed by atoms with Crippen LogP contribution in [0.25, 0.3) is 0 Å². The van der Waals surface area contributed by atoms with Crippen molar-refractivity contribution in [1.29, 1.82) is 0 Å². The molecule has 0 aliphatic rings. The summed E-state index contributed by atoms with van der Waals surface area (Å²) in [5.74, 6) is 5.93. The normalized spacial score (nSPS) is 12.8. The fourth-order valence-electron chi connectivity index (χ4n) is 1.29. The Labute approximate surface area is 111 Å². The molecule has 17 heavy (non-hydrogen) atoms. The van der Waals surface area contributed by atoms with Crippen molar-refractivity contribution in [2.24, 2.45) is 11.1 Å². The van der Waals surface area contributed by atoms with E-state index in [1.807, 2.05) is 0 Å². The standard InChI is InChI=1S/C14H17BrFN/c1-14(2,3)8-4-5-13(17)10-6-7-12(16)11(15)9-10/h6-7,9,13H,5,17H2,1-3H3. The van der Waals surface area contributed by atoms with E-state index in [0.717, 1.165) is 5.56 Å². The molecule has 0 aromatic heterocycles. The average molecular weight is 298 g/mol. The third-order valence-electron chi connectivity index (χ3n) is 2.16. The summed E-state index contributed by atoms with van der Waals surface area (Å²) in [5, 5.41) is 0. The smallest absolute Gasteiger partial charge is 0.137 e. The SMILES string of the molecule is CC(C)(C)C#CCC(N)c1ccc(F)c(Br)c1. The molecular weight excluding hydrogens is 281 g/mol. The van der Waals surface area contributed by atoms with Crippen LogP contribution in [0.5, 0.6) is 0 Å². The number of halogens is 2. The monoisotopic (exact) mass is 297 g/mol. The van der Waals surface area contributed by atoms with Crippen molar-refractivity contribution in [3.63, 3.8) is 0 Å². The maximum absolute atomic E-state index is 13.1. The molecule has 0 spiro atoms. The quantitative estimate of drug-likeness (QED) is 0.820. The molecule has 0 heterocycles. The Hall–Kier alpha value is -0.850. The largest absolute Gasteiger partial charge is 0.323 e. The van der Waals surface area contributed by atoms with Crippen LogP contribution >= 0.6 is 15.9 Å². The highest BCUT2D eigenvalue weighted by molar-refractivity contribution is 9.10. The summed E-state index contributed by atoms with van der Waals surface area (Å²) >= 11 is 3.15. The van der Waals surface area contributed by atoms with Crippen molar-refractivity contribution in [1.82, 2.24) is 0 Å². The third-order valence-corrected chi connectivity index (χ3v) is 2.76. The summed E-state index contributed by atoms with van der Waals surface area (Å²) in [6.07, 6.45) is 0.579. The van der Waals surface area contributed by atoms with Gasteiger partial charge in [-0.05, 0) is 54.4 Å². The van der Waals surface area contributed by atoms with E-state index in [1.165, 1.54) is 6.07 Å². The summed E-state index contributed by atoms with van der Waals surface area (Å²) < 4.78 is 13.5. The highest BCUT2D eigenvalue weighted by atomic mass is 79.9. The van der Waals surface area contributed by atoms with E-state index < -0.39 is 0 Å². The van der Waals surface area contributed by atoms with Gasteiger partial charge in [0.05, 0.1) is 4.47 Å². The van der Waals surface area contributed by atoms with E-state index >= 15 is 0 Å². The van der Waals surface area contributed by atoms with Crippen LogP contribution in [0.2, 0.25) is 0 Å². The lowest BCUT2D eigenvalue weighted by molar-refractivity contribution is 0.569. The molecule has 1 atom stereocenters. The second-order valence-corrected chi connectivity index (χ2v) is 5.89. The maximum Gasteiger partial charge on any atom is 0.137 e. The van der Waals surface area contributed by atoms with E-state index in [0.29, 0.717) is 10.9 Å². The van der Waals surface area contributed by atoms with Crippen molar-refractivity contribution >= 4 is 15.9 Å². The summed E-state index contributed by atoms with van der Waals surface area (Å²) in [5.41, 5.74) is 6.88. The minimum absolute atomic E-state index is 0.0108. The van der Waals surface area contributed by atoms with Gasteiger partial charge in [-0.25, -0.2) is 4.39 Å². The third kappa shape index (κ3) is 4.89. The first-order valence-electron chi connectivity index (χ1n) is 5.50. The summed E-state index contributed by atoms with van der Waals surface area (Å²) in [7, 11) is 0. The molecule has 1 aromatic carbocycles. The highest BCUT2D eigenvalue weighted by Gasteiger charge is 2.08. The van der Waals surface area contributed by atoms with Gasteiger partial charge in [0.2, 0.25) is 0 Å². The number of hydrogen-bond donors (Lipinski definition) is 1. The van der Waals surface area contributed by atoms with E-state index in [9.17, 15) is 4.39 Å². The van der Waals surface area contributed by atoms with Gasteiger partial charge in [0.15, 0.2) is 0 Å². The molecular formula is C14H17BrFN. The van der Waals surface area contributed by atoms with Crippen LogP contribution < -0.4 is 5.73 Å². The lowest BCUT2D eigenvalue weighted by Gasteiger charge is -2.10. The topological polar surface area (TPSA) is 26.0 Å². The molecule has 0 saturated carbocycles. The van der Waals surface area contributed by atoms with Gasteiger partial charge >= 0.3 is 0 Å². The van der Waals surface area contributed by atoms with Gasteiger partial charge < -0.3 is 5.73 Å². The van der Waals surface area contributed by atoms with Crippen LogP contribution in [-0.2, 0) is 0 Å². The van der Waals surface area contributed by atoms with Crippen molar-refractivity contribution in [2.45, 2.75) is 33.2 Å². The average Bonchev–Trinajstić information content (AvgIpc) is 2.20. The van der Waals surface area contributed by atoms with Crippen molar-refractivity contribution < 1.29 is 4.39 Å². The molecule has 1 nitrogen and oxygen atoms in total. The molecule has 0 bridgehead atoms. The van der Waals surface area contributed by atoms with Gasteiger partial charge in [0.1, 0.15) is 5.82 Å². The Morgan fingerprint density at radius 3 is 2.59 bits per heavy atom. The zero-order chi connectivity index (χ0) is 13.1. The summed E-state index contributed by atoms with van der Waals surface area (Å²) in [4.78, 5) is 0. The number of rotatable bonds is 2. The minimum Gasteiger partial charge on any atom is -0.323 e. The molecule has 1 rings (SSSR count). The first-order valence-corrected chi connectivity index (χ1v) is 6.29. The first-order chi connectivity index (χ1) is 7.79. The Kier molecular flexibility index (Phi) is 4.73. The lowest BCUT2D eigenvalue weighted by Crippen LogP contribution is -2.10. The van der Waals surface area contributed by atoms with E-state index in [1.54, 1.807) is 12.1 Å². The molecule has 0 aliphatic carbocycles. The number of benzene rings is 1. The van der Waals surface area contributed by atoms with E-state index in [4.69, 9.17) is 5.73 Å². The number of hydrogen-bond acceptors (Lipinski definition) is 1. The van der Waals surface area contributed by atoms with Crippen LogP contribution in [0, 0.1) is 23.1 Å². The summed E-state index contributed by atoms with van der Waals surface area (Å²) in [6.45, 7) is 6.17. The second kappa shape index (κ2) is 5.66. The summed E-state index contributed by atoms with van der Waals surface area (Å²) in [6, 6.07) is 4.64. The predicted molar refractivity (Wildman–Crippen MR) is 72.9 cm³/mol. The highest BCUT2D eigenvalue weighted by Crippen LogP contribution is 2.21. The maximum atomic E-state index is 13.1. The Bertz CT molecular complexity index is 452. The first kappa shape index (κ1) is 14.2. The molecule has 1 unspecified atom stereocenters. The van der Waals surface area contributed by atoms with E-state index in [2.05, 4.69) is 48.5 Å². The van der Waals surface area contributed by atoms with Gasteiger partial charge in [-0.2, -0.15) is 0 Å². The molecule has 0 amide bonds. The molecule has 1 aromatic rings. The van der Waals surface area contributed by atoms with Crippen molar-refractivity contribution in [3.8, 4) is 11.8 Å². The molecule has 0 fully saturated rings. The van der Waals surface area contributed by atoms with Crippen molar-refractivity contribution in [3.05, 3.63) is 34.1 Å². The van der Waals surface area contributed by atoms with Gasteiger partial charge in [0, 0.05) is 17.9 Å². The van der Waals surface area contributed by atoms with E-state index in [-0.39, 0.29) is 17.3 Å². The van der Waals surface area contributed by atoms with Crippen LogP contribution in [-0.4, -0.2) is 0 Å². The fourth-order valence-corrected chi connectivity index (χ4v) is 1.68. The van der Waals surface area contributed by atoms with Crippen LogP contribution in [0.15, 0.2) is 22.7 Å². The Morgan fingerprint density at radius 2 is 2.06 bits per heavy atom. The second-order valence-electron chi connectivity index (χ2n) is 5.04. The van der Waals surface area contributed by atoms with Gasteiger partial charge in [0.25, 0.3) is 0 Å². The zero-order valence-electron chi connectivity index (χ0n) is 10.3. The van der Waals surface area contributed by atoms with Gasteiger partial charge in [-0.15, -0.1) is 5.92 Å².